The van der Waals surface area contributed by atoms with Crippen LogP contribution in [0.4, 0.5) is 0 Å². The van der Waals surface area contributed by atoms with E-state index in [1.165, 1.54) is 15.9 Å². The molecule has 0 fully saturated rings. The van der Waals surface area contributed by atoms with Crippen LogP contribution in [0, 0.1) is 0 Å². The smallest absolute Gasteiger partial charge is 0.261 e. The minimum Gasteiger partial charge on any atom is -0.403 e. The van der Waals surface area contributed by atoms with Gasteiger partial charge in [0.25, 0.3) is 8.32 Å². The molecule has 0 unspecified atom stereocenters. The molecule has 0 heterocycles. The van der Waals surface area contributed by atoms with Crippen LogP contribution in [0.15, 0.2) is 84.5 Å². The van der Waals surface area contributed by atoms with Crippen LogP contribution in [0.5, 0.6) is 0 Å². The molecule has 0 atom stereocenters. The highest BCUT2D eigenvalue weighted by atomic mass is 28.4. The number of rotatable bonds is 5. The maximum Gasteiger partial charge on any atom is 0.261 e. The molecule has 0 amide bonds. The van der Waals surface area contributed by atoms with Gasteiger partial charge in [0, 0.05) is 0 Å². The van der Waals surface area contributed by atoms with Crippen LogP contribution in [0.25, 0.3) is 0 Å². The van der Waals surface area contributed by atoms with Crippen molar-refractivity contribution in [1.29, 1.82) is 0 Å². The lowest BCUT2D eigenvalue weighted by atomic mass is 10.1. The van der Waals surface area contributed by atoms with Crippen LogP contribution in [0.3, 0.4) is 0 Å². The molecule has 0 aromatic heterocycles. The van der Waals surface area contributed by atoms with Crippen LogP contribution in [0.1, 0.15) is 33.6 Å². The van der Waals surface area contributed by atoms with E-state index in [4.69, 9.17) is 4.43 Å². The van der Waals surface area contributed by atoms with Gasteiger partial charge >= 0.3 is 0 Å². The molecule has 0 bridgehead atoms. The van der Waals surface area contributed by atoms with E-state index in [0.717, 1.165) is 19.4 Å². The summed E-state index contributed by atoms with van der Waals surface area (Å²) in [6.45, 7) is 7.70. The number of benzene rings is 2. The van der Waals surface area contributed by atoms with Crippen molar-refractivity contribution in [1.82, 2.24) is 0 Å². The van der Waals surface area contributed by atoms with Gasteiger partial charge in [-0.2, -0.15) is 0 Å². The zero-order chi connectivity index (χ0) is 17.8. The first kappa shape index (κ1) is 17.9. The molecule has 2 aromatic carbocycles. The zero-order valence-corrected chi connectivity index (χ0v) is 16.5. The Morgan fingerprint density at radius 2 is 1.40 bits per heavy atom. The maximum absolute atomic E-state index is 6.94. The lowest BCUT2D eigenvalue weighted by molar-refractivity contribution is 0.327. The quantitative estimate of drug-likeness (QED) is 0.555. The van der Waals surface area contributed by atoms with Crippen LogP contribution >= 0.6 is 0 Å². The average Bonchev–Trinajstić information content (AvgIpc) is 2.64. The van der Waals surface area contributed by atoms with Gasteiger partial charge in [-0.1, -0.05) is 99.7 Å². The van der Waals surface area contributed by atoms with E-state index < -0.39 is 8.32 Å². The van der Waals surface area contributed by atoms with Crippen LogP contribution < -0.4 is 10.4 Å². The van der Waals surface area contributed by atoms with E-state index >= 15 is 0 Å². The van der Waals surface area contributed by atoms with Crippen molar-refractivity contribution in [3.63, 3.8) is 0 Å². The van der Waals surface area contributed by atoms with E-state index in [-0.39, 0.29) is 5.04 Å². The normalized spacial score (nSPS) is 15.1. The second-order valence-electron chi connectivity index (χ2n) is 7.73. The van der Waals surface area contributed by atoms with Crippen molar-refractivity contribution >= 4 is 18.7 Å². The number of hydrogen-bond acceptors (Lipinski definition) is 1. The van der Waals surface area contributed by atoms with E-state index in [1.54, 1.807) is 0 Å². The Labute approximate surface area is 153 Å². The Balaban J connectivity index is 2.07. The number of hydrogen-bond donors (Lipinski definition) is 0. The van der Waals surface area contributed by atoms with Gasteiger partial charge in [0.05, 0.1) is 6.61 Å². The van der Waals surface area contributed by atoms with E-state index in [2.05, 4.69) is 99.7 Å². The van der Waals surface area contributed by atoms with Gasteiger partial charge in [0.15, 0.2) is 0 Å². The molecule has 0 saturated carbocycles. The van der Waals surface area contributed by atoms with Crippen molar-refractivity contribution in [3.8, 4) is 0 Å². The van der Waals surface area contributed by atoms with E-state index in [1.807, 2.05) is 0 Å². The molecule has 0 N–H and O–H groups in total. The van der Waals surface area contributed by atoms with Gasteiger partial charge in [-0.15, -0.1) is 0 Å². The van der Waals surface area contributed by atoms with Crippen molar-refractivity contribution in [2.24, 2.45) is 0 Å². The molecular weight excluding hydrogens is 320 g/mol. The van der Waals surface area contributed by atoms with E-state index in [0.29, 0.717) is 0 Å². The standard InChI is InChI=1S/C23H28OSi/c1-23(2,3)25(21-15-9-5-10-16-21,22-17-11-6-12-18-22)24-19-20-13-7-4-8-14-20/h4-7,9-12,14-18H,8,13,19H2,1-3H3. The first-order valence-electron chi connectivity index (χ1n) is 9.12. The van der Waals surface area contributed by atoms with Crippen LogP contribution in [-0.4, -0.2) is 14.9 Å². The molecule has 0 aliphatic heterocycles. The molecule has 1 aliphatic carbocycles. The Hall–Kier alpha value is -1.90. The Morgan fingerprint density at radius 1 is 0.840 bits per heavy atom. The van der Waals surface area contributed by atoms with Gasteiger partial charge in [-0.05, 0) is 33.8 Å². The highest BCUT2D eigenvalue weighted by Crippen LogP contribution is 2.37. The average molecular weight is 349 g/mol. The third-order valence-corrected chi connectivity index (χ3v) is 9.96. The fourth-order valence-corrected chi connectivity index (χ4v) is 8.29. The van der Waals surface area contributed by atoms with Gasteiger partial charge in [-0.3, -0.25) is 0 Å². The monoisotopic (exact) mass is 348 g/mol. The Bertz CT molecular complexity index is 699. The summed E-state index contributed by atoms with van der Waals surface area (Å²) >= 11 is 0. The summed E-state index contributed by atoms with van der Waals surface area (Å²) in [4.78, 5) is 0. The predicted molar refractivity (Wildman–Crippen MR) is 110 cm³/mol. The molecule has 2 heteroatoms. The van der Waals surface area contributed by atoms with Crippen molar-refractivity contribution < 1.29 is 4.43 Å². The fourth-order valence-electron chi connectivity index (χ4n) is 3.73. The second-order valence-corrected chi connectivity index (χ2v) is 12.0. The minimum atomic E-state index is -2.40. The lowest BCUT2D eigenvalue weighted by Crippen LogP contribution is -2.66. The highest BCUT2D eigenvalue weighted by Gasteiger charge is 2.50. The molecule has 1 nitrogen and oxygen atoms in total. The summed E-state index contributed by atoms with van der Waals surface area (Å²) in [5.74, 6) is 0. The lowest BCUT2D eigenvalue weighted by Gasteiger charge is -2.43. The molecule has 130 valence electrons. The second kappa shape index (κ2) is 7.55. The van der Waals surface area contributed by atoms with Crippen molar-refractivity contribution in [2.45, 2.75) is 38.7 Å². The molecule has 0 saturated heterocycles. The summed E-state index contributed by atoms with van der Waals surface area (Å²) in [6, 6.07) is 21.7. The third-order valence-electron chi connectivity index (χ3n) is 4.98. The molecule has 1 aliphatic rings. The Kier molecular flexibility index (Phi) is 5.41. The molecular formula is C23H28OSi. The summed E-state index contributed by atoms with van der Waals surface area (Å²) in [6.07, 6.45) is 8.84. The number of allylic oxidation sites excluding steroid dienone is 3. The van der Waals surface area contributed by atoms with Gasteiger partial charge < -0.3 is 4.43 Å². The predicted octanol–water partition coefficient (Wildman–Crippen LogP) is 4.84. The zero-order valence-electron chi connectivity index (χ0n) is 15.5. The molecule has 3 rings (SSSR count). The topological polar surface area (TPSA) is 9.23 Å². The van der Waals surface area contributed by atoms with Gasteiger partial charge in [0.2, 0.25) is 0 Å². The first-order valence-corrected chi connectivity index (χ1v) is 11.0. The van der Waals surface area contributed by atoms with Gasteiger partial charge in [0.1, 0.15) is 0 Å². The minimum absolute atomic E-state index is 0.0424. The fraction of sp³-hybridized carbons (Fsp3) is 0.304. The molecule has 0 spiro atoms. The summed E-state index contributed by atoms with van der Waals surface area (Å²) in [7, 11) is -2.40. The molecule has 2 aromatic rings. The van der Waals surface area contributed by atoms with E-state index in [9.17, 15) is 0 Å². The molecule has 25 heavy (non-hydrogen) atoms. The Morgan fingerprint density at radius 3 is 1.84 bits per heavy atom. The third kappa shape index (κ3) is 3.70. The van der Waals surface area contributed by atoms with Crippen LogP contribution in [0.2, 0.25) is 5.04 Å². The van der Waals surface area contributed by atoms with Crippen molar-refractivity contribution in [2.75, 3.05) is 6.61 Å². The molecule has 0 radical (unpaired) electrons. The van der Waals surface area contributed by atoms with Crippen LogP contribution in [-0.2, 0) is 4.43 Å². The maximum atomic E-state index is 6.94. The first-order chi connectivity index (χ1) is 12.0. The summed E-state index contributed by atoms with van der Waals surface area (Å²) < 4.78 is 6.94. The van der Waals surface area contributed by atoms with Gasteiger partial charge in [-0.25, -0.2) is 0 Å². The summed E-state index contributed by atoms with van der Waals surface area (Å²) in [5.41, 5.74) is 1.40. The largest absolute Gasteiger partial charge is 0.403 e. The van der Waals surface area contributed by atoms with Crippen molar-refractivity contribution in [3.05, 3.63) is 84.5 Å². The summed E-state index contributed by atoms with van der Waals surface area (Å²) in [5, 5.41) is 2.74. The SMILES string of the molecule is CC(C)(C)[Si](OCC1=CCC=CC1)(c1ccccc1)c1ccccc1. The highest BCUT2D eigenvalue weighted by molar-refractivity contribution is 6.99.